The van der Waals surface area contributed by atoms with Crippen LogP contribution >= 0.6 is 11.8 Å². The second-order valence-corrected chi connectivity index (χ2v) is 5.42. The topological polar surface area (TPSA) is 67.9 Å². The minimum atomic E-state index is -0.283. The molecule has 0 bridgehead atoms. The van der Waals surface area contributed by atoms with Crippen LogP contribution in [0.1, 0.15) is 19.3 Å². The summed E-state index contributed by atoms with van der Waals surface area (Å²) in [4.78, 5) is 14.5. The lowest BCUT2D eigenvalue weighted by atomic mass is 10.3. The van der Waals surface area contributed by atoms with Gasteiger partial charge in [-0.15, -0.1) is 11.8 Å². The maximum atomic E-state index is 12.8. The molecule has 0 aromatic heterocycles. The van der Waals surface area contributed by atoms with Crippen LogP contribution in [-0.2, 0) is 4.79 Å². The van der Waals surface area contributed by atoms with Crippen LogP contribution in [0.3, 0.4) is 0 Å². The summed E-state index contributed by atoms with van der Waals surface area (Å²) in [6.07, 6.45) is 0.865. The molecular formula is C15H16FN3OS. The van der Waals surface area contributed by atoms with Gasteiger partial charge in [0.25, 0.3) is 0 Å². The minimum Gasteiger partial charge on any atom is -0.341 e. The summed E-state index contributed by atoms with van der Waals surface area (Å²) in [7, 11) is 0. The van der Waals surface area contributed by atoms with Gasteiger partial charge in [-0.1, -0.05) is 0 Å². The van der Waals surface area contributed by atoms with E-state index in [1.54, 1.807) is 17.0 Å². The summed E-state index contributed by atoms with van der Waals surface area (Å²) in [6, 6.07) is 10.1. The van der Waals surface area contributed by atoms with Crippen molar-refractivity contribution in [3.05, 3.63) is 30.1 Å². The van der Waals surface area contributed by atoms with Crippen LogP contribution in [0.25, 0.3) is 0 Å². The molecule has 0 atom stereocenters. The Morgan fingerprint density at radius 3 is 2.24 bits per heavy atom. The number of nitrogens with zero attached hydrogens (tertiary/aromatic N) is 3. The monoisotopic (exact) mass is 305 g/mol. The summed E-state index contributed by atoms with van der Waals surface area (Å²) >= 11 is 1.48. The van der Waals surface area contributed by atoms with Gasteiger partial charge in [-0.2, -0.15) is 10.5 Å². The van der Waals surface area contributed by atoms with Crippen molar-refractivity contribution in [1.29, 1.82) is 10.5 Å². The van der Waals surface area contributed by atoms with Crippen LogP contribution in [0.2, 0.25) is 0 Å². The van der Waals surface area contributed by atoms with E-state index in [1.807, 2.05) is 12.1 Å². The van der Waals surface area contributed by atoms with Crippen molar-refractivity contribution in [2.45, 2.75) is 24.2 Å². The number of thioether (sulfide) groups is 1. The molecule has 1 aromatic carbocycles. The van der Waals surface area contributed by atoms with E-state index < -0.39 is 0 Å². The Labute approximate surface area is 128 Å². The predicted molar refractivity (Wildman–Crippen MR) is 78.8 cm³/mol. The van der Waals surface area contributed by atoms with Crippen molar-refractivity contribution in [3.8, 4) is 12.1 Å². The molecule has 0 aliphatic heterocycles. The van der Waals surface area contributed by atoms with Gasteiger partial charge in [-0.25, -0.2) is 4.39 Å². The third-order valence-electron chi connectivity index (χ3n) is 2.74. The van der Waals surface area contributed by atoms with Crippen LogP contribution in [-0.4, -0.2) is 29.6 Å². The third-order valence-corrected chi connectivity index (χ3v) is 3.75. The summed E-state index contributed by atoms with van der Waals surface area (Å²) in [5.41, 5.74) is 0. The summed E-state index contributed by atoms with van der Waals surface area (Å²) < 4.78 is 12.8. The first-order valence-corrected chi connectivity index (χ1v) is 7.56. The molecule has 0 unspecified atom stereocenters. The molecule has 1 aromatic rings. The highest BCUT2D eigenvalue weighted by Crippen LogP contribution is 2.19. The van der Waals surface area contributed by atoms with Gasteiger partial charge < -0.3 is 4.90 Å². The molecule has 0 heterocycles. The van der Waals surface area contributed by atoms with Gasteiger partial charge in [0, 0.05) is 30.2 Å². The van der Waals surface area contributed by atoms with E-state index in [4.69, 9.17) is 10.5 Å². The molecule has 21 heavy (non-hydrogen) atoms. The molecule has 0 N–H and O–H groups in total. The number of halogens is 1. The Morgan fingerprint density at radius 2 is 1.71 bits per heavy atom. The number of benzene rings is 1. The Kier molecular flexibility index (Phi) is 7.93. The normalized spacial score (nSPS) is 9.67. The Balaban J connectivity index is 2.40. The fourth-order valence-electron chi connectivity index (χ4n) is 1.68. The molecule has 0 saturated heterocycles. The summed E-state index contributed by atoms with van der Waals surface area (Å²) in [5.74, 6) is 0.241. The molecule has 6 heteroatoms. The average molecular weight is 305 g/mol. The van der Waals surface area contributed by atoms with Gasteiger partial charge in [-0.3, -0.25) is 4.79 Å². The maximum Gasteiger partial charge on any atom is 0.223 e. The van der Waals surface area contributed by atoms with E-state index in [9.17, 15) is 9.18 Å². The van der Waals surface area contributed by atoms with Crippen molar-refractivity contribution in [2.24, 2.45) is 0 Å². The molecule has 1 amide bonds. The highest BCUT2D eigenvalue weighted by molar-refractivity contribution is 7.99. The van der Waals surface area contributed by atoms with Gasteiger partial charge in [0.15, 0.2) is 0 Å². The van der Waals surface area contributed by atoms with Crippen molar-refractivity contribution in [1.82, 2.24) is 4.90 Å². The first-order valence-electron chi connectivity index (χ1n) is 6.57. The van der Waals surface area contributed by atoms with Crippen LogP contribution in [0.5, 0.6) is 0 Å². The lowest BCUT2D eigenvalue weighted by molar-refractivity contribution is -0.130. The van der Waals surface area contributed by atoms with Gasteiger partial charge in [-0.05, 0) is 24.3 Å². The summed E-state index contributed by atoms with van der Waals surface area (Å²) in [5, 5.41) is 17.2. The molecule has 0 radical (unpaired) electrons. The van der Waals surface area contributed by atoms with Crippen LogP contribution in [0, 0.1) is 28.5 Å². The van der Waals surface area contributed by atoms with Crippen molar-refractivity contribution >= 4 is 17.7 Å². The number of carbonyl (C=O) groups excluding carboxylic acids is 1. The first-order chi connectivity index (χ1) is 10.2. The number of carbonyl (C=O) groups is 1. The van der Waals surface area contributed by atoms with E-state index in [1.165, 1.54) is 23.9 Å². The lowest BCUT2D eigenvalue weighted by Gasteiger charge is -2.20. The number of hydrogen-bond donors (Lipinski definition) is 0. The Hall–Kier alpha value is -2.05. The van der Waals surface area contributed by atoms with Crippen LogP contribution < -0.4 is 0 Å². The van der Waals surface area contributed by atoms with E-state index in [0.29, 0.717) is 25.3 Å². The number of nitriles is 2. The van der Waals surface area contributed by atoms with E-state index in [-0.39, 0.29) is 24.6 Å². The number of rotatable bonds is 8. The molecular weight excluding hydrogens is 289 g/mol. The van der Waals surface area contributed by atoms with Crippen molar-refractivity contribution in [2.75, 3.05) is 18.8 Å². The van der Waals surface area contributed by atoms with Gasteiger partial charge in [0.05, 0.1) is 25.0 Å². The second kappa shape index (κ2) is 9.79. The highest BCUT2D eigenvalue weighted by atomic mass is 32.2. The SMILES string of the molecule is N#CCCN(CCC#N)C(=O)CCSc1ccc(F)cc1. The van der Waals surface area contributed by atoms with Gasteiger partial charge in [0.2, 0.25) is 5.91 Å². The molecule has 0 saturated carbocycles. The molecule has 0 aliphatic carbocycles. The van der Waals surface area contributed by atoms with Gasteiger partial charge >= 0.3 is 0 Å². The molecule has 0 fully saturated rings. The molecule has 110 valence electrons. The van der Waals surface area contributed by atoms with E-state index in [2.05, 4.69) is 0 Å². The number of hydrogen-bond acceptors (Lipinski definition) is 4. The van der Waals surface area contributed by atoms with E-state index in [0.717, 1.165) is 4.90 Å². The van der Waals surface area contributed by atoms with Crippen LogP contribution in [0.15, 0.2) is 29.2 Å². The standard InChI is InChI=1S/C15H16FN3OS/c16-13-3-5-14(6-4-13)21-12-7-15(20)19(10-1-8-17)11-2-9-18/h3-6H,1-2,7,10-12H2. The second-order valence-electron chi connectivity index (χ2n) is 4.25. The number of amides is 1. The Bertz CT molecular complexity index is 515. The van der Waals surface area contributed by atoms with E-state index >= 15 is 0 Å². The van der Waals surface area contributed by atoms with Crippen molar-refractivity contribution in [3.63, 3.8) is 0 Å². The van der Waals surface area contributed by atoms with Gasteiger partial charge in [0.1, 0.15) is 5.82 Å². The predicted octanol–water partition coefficient (Wildman–Crippen LogP) is 2.96. The third kappa shape index (κ3) is 6.78. The lowest BCUT2D eigenvalue weighted by Crippen LogP contribution is -2.32. The van der Waals surface area contributed by atoms with Crippen molar-refractivity contribution < 1.29 is 9.18 Å². The fourth-order valence-corrected chi connectivity index (χ4v) is 2.52. The first kappa shape index (κ1) is 17.0. The molecule has 1 rings (SSSR count). The zero-order chi connectivity index (χ0) is 15.5. The maximum absolute atomic E-state index is 12.8. The Morgan fingerprint density at radius 1 is 1.14 bits per heavy atom. The molecule has 0 aliphatic rings. The average Bonchev–Trinajstić information content (AvgIpc) is 2.49. The smallest absolute Gasteiger partial charge is 0.223 e. The highest BCUT2D eigenvalue weighted by Gasteiger charge is 2.12. The fraction of sp³-hybridized carbons (Fsp3) is 0.400. The molecule has 4 nitrogen and oxygen atoms in total. The minimum absolute atomic E-state index is 0.0601. The zero-order valence-electron chi connectivity index (χ0n) is 11.6. The summed E-state index contributed by atoms with van der Waals surface area (Å²) in [6.45, 7) is 0.719. The zero-order valence-corrected chi connectivity index (χ0v) is 12.4. The molecule has 0 spiro atoms. The van der Waals surface area contributed by atoms with Crippen LogP contribution in [0.4, 0.5) is 4.39 Å². The largest absolute Gasteiger partial charge is 0.341 e. The quantitative estimate of drug-likeness (QED) is 0.692.